The van der Waals surface area contributed by atoms with Gasteiger partial charge in [-0.05, 0) is 49.0 Å². The SMILES string of the molecule is CC(C)C[C@H](NS(=O)C(C)(C)C)c1ncc(Br)s1. The number of aromatic nitrogens is 1. The van der Waals surface area contributed by atoms with Gasteiger partial charge in [-0.3, -0.25) is 0 Å². The molecule has 0 radical (unpaired) electrons. The van der Waals surface area contributed by atoms with E-state index in [0.29, 0.717) is 5.92 Å². The van der Waals surface area contributed by atoms with Crippen LogP contribution in [0.4, 0.5) is 0 Å². The van der Waals surface area contributed by atoms with Crippen molar-refractivity contribution in [3.05, 3.63) is 15.0 Å². The van der Waals surface area contributed by atoms with Gasteiger partial charge in [-0.1, -0.05) is 13.8 Å². The van der Waals surface area contributed by atoms with Gasteiger partial charge in [-0.15, -0.1) is 11.3 Å². The molecule has 2 atom stereocenters. The molecule has 1 unspecified atom stereocenters. The van der Waals surface area contributed by atoms with Gasteiger partial charge in [0.2, 0.25) is 0 Å². The molecule has 3 nitrogen and oxygen atoms in total. The predicted molar refractivity (Wildman–Crippen MR) is 83.0 cm³/mol. The maximum atomic E-state index is 12.2. The van der Waals surface area contributed by atoms with Gasteiger partial charge in [-0.2, -0.15) is 0 Å². The zero-order valence-electron chi connectivity index (χ0n) is 11.5. The first-order valence-electron chi connectivity index (χ1n) is 5.99. The standard InChI is InChI=1S/C12H21BrN2OS2/c1-8(2)6-9(11-14-7-10(13)17-11)15-18(16)12(3,4)5/h7-9,15H,6H2,1-5H3/t9-,18?/m0/s1. The van der Waals surface area contributed by atoms with Crippen LogP contribution >= 0.6 is 27.3 Å². The van der Waals surface area contributed by atoms with E-state index < -0.39 is 11.0 Å². The van der Waals surface area contributed by atoms with E-state index in [1.807, 2.05) is 20.8 Å². The summed E-state index contributed by atoms with van der Waals surface area (Å²) >= 11 is 5.02. The molecular weight excluding hydrogens is 332 g/mol. The molecule has 0 bridgehead atoms. The molecule has 1 N–H and O–H groups in total. The van der Waals surface area contributed by atoms with Crippen LogP contribution in [0, 0.1) is 5.92 Å². The van der Waals surface area contributed by atoms with Crippen LogP contribution in [0.3, 0.4) is 0 Å². The van der Waals surface area contributed by atoms with E-state index in [1.165, 1.54) is 0 Å². The van der Waals surface area contributed by atoms with Gasteiger partial charge < -0.3 is 0 Å². The minimum atomic E-state index is -1.07. The fourth-order valence-electron chi connectivity index (χ4n) is 1.40. The van der Waals surface area contributed by atoms with E-state index in [-0.39, 0.29) is 10.8 Å². The first kappa shape index (κ1) is 16.3. The van der Waals surface area contributed by atoms with Crippen LogP contribution in [0.25, 0.3) is 0 Å². The zero-order chi connectivity index (χ0) is 13.9. The number of rotatable bonds is 5. The summed E-state index contributed by atoms with van der Waals surface area (Å²) in [6.07, 6.45) is 2.73. The number of halogens is 1. The number of nitrogens with one attached hydrogen (secondary N) is 1. The molecule has 0 aliphatic heterocycles. The lowest BCUT2D eigenvalue weighted by Crippen LogP contribution is -2.36. The number of hydrogen-bond acceptors (Lipinski definition) is 3. The second-order valence-electron chi connectivity index (χ2n) is 5.68. The summed E-state index contributed by atoms with van der Waals surface area (Å²) in [5.74, 6) is 0.530. The summed E-state index contributed by atoms with van der Waals surface area (Å²) in [6, 6.07) is 0.0568. The van der Waals surface area contributed by atoms with Crippen LogP contribution in [-0.2, 0) is 11.0 Å². The van der Waals surface area contributed by atoms with E-state index in [1.54, 1.807) is 17.5 Å². The summed E-state index contributed by atoms with van der Waals surface area (Å²) in [5, 5.41) is 0.994. The summed E-state index contributed by atoms with van der Waals surface area (Å²) < 4.78 is 16.2. The highest BCUT2D eigenvalue weighted by atomic mass is 79.9. The van der Waals surface area contributed by atoms with Crippen LogP contribution in [-0.4, -0.2) is 13.9 Å². The lowest BCUT2D eigenvalue weighted by molar-refractivity contribution is 0.479. The molecule has 0 aliphatic rings. The Morgan fingerprint density at radius 2 is 2.11 bits per heavy atom. The van der Waals surface area contributed by atoms with Gasteiger partial charge in [0.25, 0.3) is 0 Å². The van der Waals surface area contributed by atoms with Crippen molar-refractivity contribution in [3.8, 4) is 0 Å². The quantitative estimate of drug-likeness (QED) is 0.868. The third-order valence-corrected chi connectivity index (χ3v) is 5.51. The number of nitrogens with zero attached hydrogens (tertiary/aromatic N) is 1. The van der Waals surface area contributed by atoms with E-state index in [9.17, 15) is 4.21 Å². The predicted octanol–water partition coefficient (Wildman–Crippen LogP) is 4.04. The fraction of sp³-hybridized carbons (Fsp3) is 0.750. The number of hydrogen-bond donors (Lipinski definition) is 1. The minimum absolute atomic E-state index is 0.0568. The Balaban J connectivity index is 2.83. The van der Waals surface area contributed by atoms with Gasteiger partial charge in [0.15, 0.2) is 0 Å². The van der Waals surface area contributed by atoms with Crippen LogP contribution in [0.15, 0.2) is 9.98 Å². The van der Waals surface area contributed by atoms with Gasteiger partial charge >= 0.3 is 0 Å². The lowest BCUT2D eigenvalue weighted by Gasteiger charge is -2.24. The van der Waals surface area contributed by atoms with Gasteiger partial charge in [0.05, 0.1) is 31.8 Å². The summed E-state index contributed by atoms with van der Waals surface area (Å²) in [6.45, 7) is 10.2. The molecule has 0 saturated carbocycles. The highest BCUT2D eigenvalue weighted by Crippen LogP contribution is 2.29. The van der Waals surface area contributed by atoms with E-state index in [4.69, 9.17) is 0 Å². The van der Waals surface area contributed by atoms with Gasteiger partial charge in [0, 0.05) is 0 Å². The molecule has 0 spiro atoms. The first-order valence-corrected chi connectivity index (χ1v) is 8.75. The molecule has 1 rings (SSSR count). The Labute approximate surface area is 125 Å². The largest absolute Gasteiger partial charge is 0.247 e. The Kier molecular flexibility index (Phi) is 5.96. The molecule has 1 aromatic heterocycles. The topological polar surface area (TPSA) is 42.0 Å². The van der Waals surface area contributed by atoms with Gasteiger partial charge in [-0.25, -0.2) is 13.9 Å². The lowest BCUT2D eigenvalue weighted by atomic mass is 10.1. The molecular formula is C12H21BrN2OS2. The van der Waals surface area contributed by atoms with Crippen LogP contribution in [0.2, 0.25) is 0 Å². The molecule has 1 heterocycles. The maximum Gasteiger partial charge on any atom is 0.112 e. The van der Waals surface area contributed by atoms with Crippen LogP contribution in [0.5, 0.6) is 0 Å². The van der Waals surface area contributed by atoms with Crippen molar-refractivity contribution in [2.45, 2.75) is 51.8 Å². The van der Waals surface area contributed by atoms with E-state index in [2.05, 4.69) is 39.5 Å². The highest BCUT2D eigenvalue weighted by molar-refractivity contribution is 9.11. The molecule has 0 saturated heterocycles. The van der Waals surface area contributed by atoms with Crippen molar-refractivity contribution in [3.63, 3.8) is 0 Å². The average molecular weight is 353 g/mol. The Morgan fingerprint density at radius 3 is 2.50 bits per heavy atom. The second kappa shape index (κ2) is 6.59. The third-order valence-electron chi connectivity index (χ3n) is 2.31. The van der Waals surface area contributed by atoms with Crippen LogP contribution < -0.4 is 4.72 Å². The van der Waals surface area contributed by atoms with Crippen molar-refractivity contribution in [2.75, 3.05) is 0 Å². The summed E-state index contributed by atoms with van der Waals surface area (Å²) in [5.41, 5.74) is 0. The molecule has 1 aromatic rings. The van der Waals surface area contributed by atoms with Crippen molar-refractivity contribution < 1.29 is 4.21 Å². The Bertz CT molecular complexity index is 412. The van der Waals surface area contributed by atoms with Crippen molar-refractivity contribution in [2.24, 2.45) is 5.92 Å². The molecule has 0 amide bonds. The molecule has 6 heteroatoms. The van der Waals surface area contributed by atoms with Crippen molar-refractivity contribution in [1.82, 2.24) is 9.71 Å². The Hall–Kier alpha value is 0.220. The molecule has 104 valence electrons. The highest BCUT2D eigenvalue weighted by Gasteiger charge is 2.25. The first-order chi connectivity index (χ1) is 8.20. The fourth-order valence-corrected chi connectivity index (χ4v) is 3.61. The smallest absolute Gasteiger partial charge is 0.112 e. The number of thiazole rings is 1. The zero-order valence-corrected chi connectivity index (χ0v) is 14.7. The van der Waals surface area contributed by atoms with Gasteiger partial charge in [0.1, 0.15) is 5.01 Å². The molecule has 0 aromatic carbocycles. The average Bonchev–Trinajstić information content (AvgIpc) is 2.61. The second-order valence-corrected chi connectivity index (χ2v) is 10.1. The third kappa shape index (κ3) is 5.07. The summed E-state index contributed by atoms with van der Waals surface area (Å²) in [7, 11) is -1.07. The van der Waals surface area contributed by atoms with Crippen molar-refractivity contribution >= 4 is 38.3 Å². The molecule has 18 heavy (non-hydrogen) atoms. The minimum Gasteiger partial charge on any atom is -0.247 e. The molecule has 0 fully saturated rings. The van der Waals surface area contributed by atoms with Crippen LogP contribution in [0.1, 0.15) is 52.1 Å². The van der Waals surface area contributed by atoms with Crippen molar-refractivity contribution in [1.29, 1.82) is 0 Å². The normalized spacial score (nSPS) is 15.9. The van der Waals surface area contributed by atoms with E-state index >= 15 is 0 Å². The monoisotopic (exact) mass is 352 g/mol. The summed E-state index contributed by atoms with van der Waals surface area (Å²) in [4.78, 5) is 4.38. The van der Waals surface area contributed by atoms with E-state index in [0.717, 1.165) is 15.2 Å². The Morgan fingerprint density at radius 1 is 1.50 bits per heavy atom. The maximum absolute atomic E-state index is 12.2. The molecule has 0 aliphatic carbocycles.